The first kappa shape index (κ1) is 14.9. The first-order valence-corrected chi connectivity index (χ1v) is 6.12. The highest BCUT2D eigenvalue weighted by Gasteiger charge is 2.33. The van der Waals surface area contributed by atoms with Crippen molar-refractivity contribution >= 4 is 17.7 Å². The summed E-state index contributed by atoms with van der Waals surface area (Å²) in [7, 11) is 0. The molecule has 6 heteroatoms. The second-order valence-electron chi connectivity index (χ2n) is 4.65. The molecule has 0 fully saturated rings. The molecule has 0 aromatic carbocycles. The Morgan fingerprint density at radius 3 is 2.58 bits per heavy atom. The lowest BCUT2D eigenvalue weighted by Crippen LogP contribution is -2.53. The average Bonchev–Trinajstić information content (AvgIpc) is 2.32. The molecule has 0 aliphatic carbocycles. The van der Waals surface area contributed by atoms with Crippen molar-refractivity contribution in [3.8, 4) is 0 Å². The number of amides is 2. The van der Waals surface area contributed by atoms with Crippen molar-refractivity contribution in [3.05, 3.63) is 24.0 Å². The monoisotopic (exact) mass is 265 g/mol. The van der Waals surface area contributed by atoms with E-state index >= 15 is 0 Å². The summed E-state index contributed by atoms with van der Waals surface area (Å²) in [5, 5.41) is 14.2. The molecule has 0 radical (unpaired) electrons. The number of pyridine rings is 1. The average molecular weight is 265 g/mol. The van der Waals surface area contributed by atoms with Gasteiger partial charge < -0.3 is 15.7 Å². The molecule has 2 amide bonds. The number of aliphatic carboxylic acids is 1. The normalized spacial score (nSPS) is 13.4. The number of rotatable bonds is 5. The van der Waals surface area contributed by atoms with E-state index in [-0.39, 0.29) is 0 Å². The smallest absolute Gasteiger partial charge is 0.329 e. The fraction of sp³-hybridized carbons (Fsp3) is 0.462. The molecular weight excluding hydrogens is 246 g/mol. The molecule has 1 aromatic rings. The summed E-state index contributed by atoms with van der Waals surface area (Å²) in [6.07, 6.45) is 2.55. The van der Waals surface area contributed by atoms with Crippen LogP contribution in [0, 0.1) is 6.92 Å². The van der Waals surface area contributed by atoms with Gasteiger partial charge in [0.15, 0.2) is 0 Å². The lowest BCUT2D eigenvalue weighted by Gasteiger charge is -2.25. The van der Waals surface area contributed by atoms with Crippen LogP contribution in [-0.2, 0) is 4.79 Å². The molecule has 0 bridgehead atoms. The third kappa shape index (κ3) is 4.24. The van der Waals surface area contributed by atoms with Crippen molar-refractivity contribution in [1.82, 2.24) is 10.3 Å². The molecular formula is C13H19N3O3. The Morgan fingerprint density at radius 1 is 1.42 bits per heavy atom. The van der Waals surface area contributed by atoms with E-state index < -0.39 is 17.5 Å². The number of carbonyl (C=O) groups excluding carboxylic acids is 1. The Kier molecular flexibility index (Phi) is 4.86. The second-order valence-corrected chi connectivity index (χ2v) is 4.65. The number of carbonyl (C=O) groups is 2. The van der Waals surface area contributed by atoms with Gasteiger partial charge in [-0.25, -0.2) is 9.59 Å². The number of carboxylic acids is 1. The van der Waals surface area contributed by atoms with E-state index in [1.807, 2.05) is 13.8 Å². The fourth-order valence-electron chi connectivity index (χ4n) is 1.68. The van der Waals surface area contributed by atoms with Gasteiger partial charge in [-0.3, -0.25) is 4.98 Å². The van der Waals surface area contributed by atoms with Gasteiger partial charge in [-0.2, -0.15) is 0 Å². The predicted octanol–water partition coefficient (Wildman–Crippen LogP) is 2.15. The summed E-state index contributed by atoms with van der Waals surface area (Å²) in [6, 6.07) is 2.92. The van der Waals surface area contributed by atoms with Crippen LogP contribution < -0.4 is 10.6 Å². The molecule has 0 aliphatic rings. The maximum Gasteiger partial charge on any atom is 0.329 e. The van der Waals surface area contributed by atoms with E-state index in [4.69, 9.17) is 5.11 Å². The van der Waals surface area contributed by atoms with Gasteiger partial charge >= 0.3 is 12.0 Å². The van der Waals surface area contributed by atoms with E-state index in [2.05, 4.69) is 15.6 Å². The number of hydrogen-bond donors (Lipinski definition) is 3. The number of nitrogens with zero attached hydrogens (tertiary/aromatic N) is 1. The maximum absolute atomic E-state index is 11.8. The summed E-state index contributed by atoms with van der Waals surface area (Å²) in [6.45, 7) is 5.20. The highest BCUT2D eigenvalue weighted by atomic mass is 16.4. The lowest BCUT2D eigenvalue weighted by molar-refractivity contribution is -0.143. The predicted molar refractivity (Wildman–Crippen MR) is 72.1 cm³/mol. The Hall–Kier alpha value is -2.11. The van der Waals surface area contributed by atoms with Crippen LogP contribution in [0.4, 0.5) is 10.5 Å². The van der Waals surface area contributed by atoms with Gasteiger partial charge in [-0.15, -0.1) is 0 Å². The molecule has 1 rings (SSSR count). The number of nitrogens with one attached hydrogen (secondary N) is 2. The molecule has 0 aliphatic heterocycles. The SMILES string of the molecule is CCCC(C)(NC(=O)Nc1ccc(C)nc1)C(=O)O. The van der Waals surface area contributed by atoms with Gasteiger partial charge in [0.25, 0.3) is 0 Å². The molecule has 19 heavy (non-hydrogen) atoms. The molecule has 1 aromatic heterocycles. The van der Waals surface area contributed by atoms with E-state index in [1.54, 1.807) is 12.1 Å². The van der Waals surface area contributed by atoms with E-state index in [0.29, 0.717) is 18.5 Å². The maximum atomic E-state index is 11.8. The molecule has 0 spiro atoms. The van der Waals surface area contributed by atoms with Gasteiger partial charge in [0.1, 0.15) is 5.54 Å². The molecule has 1 unspecified atom stereocenters. The molecule has 6 nitrogen and oxygen atoms in total. The van der Waals surface area contributed by atoms with E-state index in [9.17, 15) is 9.59 Å². The number of hydrogen-bond acceptors (Lipinski definition) is 3. The van der Waals surface area contributed by atoms with Gasteiger partial charge in [0.05, 0.1) is 11.9 Å². The number of carboxylic acid groups (broad SMARTS) is 1. The standard InChI is InChI=1S/C13H19N3O3/c1-4-7-13(3,11(17)18)16-12(19)15-10-6-5-9(2)14-8-10/h5-6,8H,4,7H2,1-3H3,(H,17,18)(H2,15,16,19). The highest BCUT2D eigenvalue weighted by Crippen LogP contribution is 2.13. The molecule has 0 saturated carbocycles. The van der Waals surface area contributed by atoms with Crippen LogP contribution in [0.15, 0.2) is 18.3 Å². The van der Waals surface area contributed by atoms with Crippen LogP contribution >= 0.6 is 0 Å². The molecule has 1 atom stereocenters. The minimum atomic E-state index is -1.27. The summed E-state index contributed by atoms with van der Waals surface area (Å²) < 4.78 is 0. The fourth-order valence-corrected chi connectivity index (χ4v) is 1.68. The van der Waals surface area contributed by atoms with E-state index in [0.717, 1.165) is 5.69 Å². The van der Waals surface area contributed by atoms with Crippen molar-refractivity contribution in [2.24, 2.45) is 0 Å². The van der Waals surface area contributed by atoms with E-state index in [1.165, 1.54) is 13.1 Å². The van der Waals surface area contributed by atoms with Crippen molar-refractivity contribution in [2.45, 2.75) is 39.2 Å². The topological polar surface area (TPSA) is 91.3 Å². The minimum Gasteiger partial charge on any atom is -0.480 e. The summed E-state index contributed by atoms with van der Waals surface area (Å²) in [4.78, 5) is 27.0. The Morgan fingerprint density at radius 2 is 2.11 bits per heavy atom. The van der Waals surface area contributed by atoms with Crippen LogP contribution in [0.5, 0.6) is 0 Å². The summed E-state index contributed by atoms with van der Waals surface area (Å²) in [5.41, 5.74) is 0.0939. The van der Waals surface area contributed by atoms with Crippen LogP contribution in [0.25, 0.3) is 0 Å². The summed E-state index contributed by atoms with van der Waals surface area (Å²) >= 11 is 0. The molecule has 1 heterocycles. The lowest BCUT2D eigenvalue weighted by atomic mass is 9.97. The first-order valence-electron chi connectivity index (χ1n) is 6.12. The zero-order chi connectivity index (χ0) is 14.5. The third-order valence-electron chi connectivity index (χ3n) is 2.78. The first-order chi connectivity index (χ1) is 8.87. The van der Waals surface area contributed by atoms with Crippen molar-refractivity contribution in [1.29, 1.82) is 0 Å². The van der Waals surface area contributed by atoms with Crippen LogP contribution in [0.1, 0.15) is 32.4 Å². The molecule has 104 valence electrons. The largest absolute Gasteiger partial charge is 0.480 e. The zero-order valence-electron chi connectivity index (χ0n) is 11.4. The molecule has 3 N–H and O–H groups in total. The Bertz CT molecular complexity index is 459. The van der Waals surface area contributed by atoms with Crippen LogP contribution in [-0.4, -0.2) is 27.6 Å². The van der Waals surface area contributed by atoms with Gasteiger partial charge in [-0.05, 0) is 32.4 Å². The van der Waals surface area contributed by atoms with Crippen molar-refractivity contribution < 1.29 is 14.7 Å². The number of urea groups is 1. The van der Waals surface area contributed by atoms with Gasteiger partial charge in [0.2, 0.25) is 0 Å². The van der Waals surface area contributed by atoms with Gasteiger partial charge in [0, 0.05) is 5.69 Å². The van der Waals surface area contributed by atoms with Crippen LogP contribution in [0.3, 0.4) is 0 Å². The van der Waals surface area contributed by atoms with Crippen molar-refractivity contribution in [2.75, 3.05) is 5.32 Å². The number of aromatic nitrogens is 1. The summed E-state index contributed by atoms with van der Waals surface area (Å²) in [5.74, 6) is -1.05. The number of anilines is 1. The Balaban J connectivity index is 2.68. The molecule has 0 saturated heterocycles. The minimum absolute atomic E-state index is 0.363. The third-order valence-corrected chi connectivity index (χ3v) is 2.78. The van der Waals surface area contributed by atoms with Crippen molar-refractivity contribution in [3.63, 3.8) is 0 Å². The zero-order valence-corrected chi connectivity index (χ0v) is 11.4. The highest BCUT2D eigenvalue weighted by molar-refractivity contribution is 5.93. The second kappa shape index (κ2) is 6.17. The van der Waals surface area contributed by atoms with Gasteiger partial charge in [-0.1, -0.05) is 13.3 Å². The quantitative estimate of drug-likeness (QED) is 0.760. The van der Waals surface area contributed by atoms with Crippen LogP contribution in [0.2, 0.25) is 0 Å². The number of aryl methyl sites for hydroxylation is 1. The Labute approximate surface area is 112 Å².